The first-order chi connectivity index (χ1) is 13.8. The van der Waals surface area contributed by atoms with Crippen LogP contribution in [0.1, 0.15) is 36.0 Å². The van der Waals surface area contributed by atoms with Crippen LogP contribution < -0.4 is 5.32 Å². The molecule has 1 aliphatic rings. The second-order valence-corrected chi connectivity index (χ2v) is 7.32. The van der Waals surface area contributed by atoms with Gasteiger partial charge in [0.2, 0.25) is 0 Å². The van der Waals surface area contributed by atoms with Gasteiger partial charge in [-0.2, -0.15) is 0 Å². The zero-order valence-corrected chi connectivity index (χ0v) is 16.1. The van der Waals surface area contributed by atoms with E-state index >= 15 is 0 Å². The molecule has 1 fully saturated rings. The quantitative estimate of drug-likeness (QED) is 0.665. The molecule has 0 aliphatic carbocycles. The lowest BCUT2D eigenvalue weighted by Crippen LogP contribution is -2.33. The molecule has 2 aromatic heterocycles. The van der Waals surface area contributed by atoms with Crippen LogP contribution in [0.3, 0.4) is 0 Å². The monoisotopic (exact) mass is 374 g/mol. The number of rotatable bonds is 6. The summed E-state index contributed by atoms with van der Waals surface area (Å²) >= 11 is 0. The molecule has 5 heteroatoms. The summed E-state index contributed by atoms with van der Waals surface area (Å²) in [4.78, 5) is 24.2. The SMILES string of the molecule is O=C(NCCCN1CCCCC1)c1cc(-c2ccncc2)nc2ccccc12. The Bertz CT molecular complexity index is 936. The fraction of sp³-hybridized carbons (Fsp3) is 0.348. The van der Waals surface area contributed by atoms with Crippen molar-refractivity contribution in [1.82, 2.24) is 20.2 Å². The van der Waals surface area contributed by atoms with E-state index in [1.54, 1.807) is 12.4 Å². The summed E-state index contributed by atoms with van der Waals surface area (Å²) in [5.74, 6) is -0.0347. The van der Waals surface area contributed by atoms with Gasteiger partial charge in [0.05, 0.1) is 16.8 Å². The van der Waals surface area contributed by atoms with Crippen LogP contribution in [0.15, 0.2) is 54.9 Å². The Kier molecular flexibility index (Phi) is 5.92. The van der Waals surface area contributed by atoms with E-state index in [4.69, 9.17) is 4.98 Å². The van der Waals surface area contributed by atoms with Gasteiger partial charge in [0.25, 0.3) is 5.91 Å². The third kappa shape index (κ3) is 4.37. The van der Waals surface area contributed by atoms with Gasteiger partial charge in [-0.3, -0.25) is 9.78 Å². The molecule has 5 nitrogen and oxygen atoms in total. The molecule has 0 spiro atoms. The summed E-state index contributed by atoms with van der Waals surface area (Å²) in [7, 11) is 0. The van der Waals surface area contributed by atoms with Crippen molar-refractivity contribution in [2.24, 2.45) is 0 Å². The van der Waals surface area contributed by atoms with Crippen LogP contribution in [0.25, 0.3) is 22.2 Å². The summed E-state index contributed by atoms with van der Waals surface area (Å²) in [5.41, 5.74) is 3.25. The van der Waals surface area contributed by atoms with Crippen molar-refractivity contribution < 1.29 is 4.79 Å². The van der Waals surface area contributed by atoms with Crippen LogP contribution in [0.4, 0.5) is 0 Å². The lowest BCUT2D eigenvalue weighted by atomic mass is 10.0. The number of likely N-dealkylation sites (tertiary alicyclic amines) is 1. The number of para-hydroxylation sites is 1. The summed E-state index contributed by atoms with van der Waals surface area (Å²) in [6.45, 7) is 4.13. The Labute approximate surface area is 165 Å². The molecule has 1 saturated heterocycles. The van der Waals surface area contributed by atoms with Gasteiger partial charge in [0.15, 0.2) is 0 Å². The van der Waals surface area contributed by atoms with Gasteiger partial charge in [-0.1, -0.05) is 24.6 Å². The van der Waals surface area contributed by atoms with E-state index in [2.05, 4.69) is 15.2 Å². The van der Waals surface area contributed by atoms with Crippen LogP contribution in [0.2, 0.25) is 0 Å². The molecule has 0 unspecified atom stereocenters. The van der Waals surface area contributed by atoms with E-state index in [1.807, 2.05) is 42.5 Å². The summed E-state index contributed by atoms with van der Waals surface area (Å²) in [6, 6.07) is 13.5. The summed E-state index contributed by atoms with van der Waals surface area (Å²) < 4.78 is 0. The van der Waals surface area contributed by atoms with Crippen LogP contribution in [0.5, 0.6) is 0 Å². The van der Waals surface area contributed by atoms with Crippen LogP contribution >= 0.6 is 0 Å². The second-order valence-electron chi connectivity index (χ2n) is 7.32. The highest BCUT2D eigenvalue weighted by molar-refractivity contribution is 6.07. The van der Waals surface area contributed by atoms with Crippen molar-refractivity contribution in [2.45, 2.75) is 25.7 Å². The normalized spacial score (nSPS) is 14.9. The zero-order valence-electron chi connectivity index (χ0n) is 16.1. The van der Waals surface area contributed by atoms with Gasteiger partial charge in [0, 0.05) is 29.9 Å². The molecule has 0 saturated carbocycles. The number of piperidine rings is 1. The number of hydrogen-bond acceptors (Lipinski definition) is 4. The average Bonchev–Trinajstić information content (AvgIpc) is 2.77. The highest BCUT2D eigenvalue weighted by atomic mass is 16.1. The number of benzene rings is 1. The highest BCUT2D eigenvalue weighted by Gasteiger charge is 2.14. The summed E-state index contributed by atoms with van der Waals surface area (Å²) in [6.07, 6.45) is 8.41. The average molecular weight is 374 g/mol. The fourth-order valence-electron chi connectivity index (χ4n) is 3.82. The Balaban J connectivity index is 1.49. The smallest absolute Gasteiger partial charge is 0.252 e. The standard InChI is InChI=1S/C23H26N4O/c28-23(25-11-6-16-27-14-4-1-5-15-27)20-17-22(18-9-12-24-13-10-18)26-21-8-3-2-7-19(20)21/h2-3,7-10,12-13,17H,1,4-6,11,14-16H2,(H,25,28). The first kappa shape index (κ1) is 18.6. The number of nitrogens with one attached hydrogen (secondary N) is 1. The van der Waals surface area contributed by atoms with Gasteiger partial charge < -0.3 is 10.2 Å². The van der Waals surface area contributed by atoms with E-state index in [0.717, 1.165) is 35.1 Å². The number of hydrogen-bond donors (Lipinski definition) is 1. The van der Waals surface area contributed by atoms with Gasteiger partial charge in [-0.25, -0.2) is 4.98 Å². The molecule has 0 radical (unpaired) electrons. The van der Waals surface area contributed by atoms with Crippen molar-refractivity contribution >= 4 is 16.8 Å². The molecule has 1 amide bonds. The predicted molar refractivity (Wildman–Crippen MR) is 112 cm³/mol. The van der Waals surface area contributed by atoms with Crippen molar-refractivity contribution in [3.05, 3.63) is 60.4 Å². The lowest BCUT2D eigenvalue weighted by molar-refractivity contribution is 0.0952. The number of amides is 1. The van der Waals surface area contributed by atoms with Crippen molar-refractivity contribution in [2.75, 3.05) is 26.2 Å². The number of carbonyl (C=O) groups excluding carboxylic acids is 1. The molecule has 0 bridgehead atoms. The molecular weight excluding hydrogens is 348 g/mol. The number of fused-ring (bicyclic) bond motifs is 1. The fourth-order valence-corrected chi connectivity index (χ4v) is 3.82. The van der Waals surface area contributed by atoms with Crippen molar-refractivity contribution in [1.29, 1.82) is 0 Å². The molecule has 0 atom stereocenters. The van der Waals surface area contributed by atoms with E-state index < -0.39 is 0 Å². The molecule has 1 aromatic carbocycles. The van der Waals surface area contributed by atoms with Gasteiger partial charge in [-0.05, 0) is 63.2 Å². The van der Waals surface area contributed by atoms with Crippen LogP contribution in [-0.4, -0.2) is 47.0 Å². The van der Waals surface area contributed by atoms with Gasteiger partial charge in [0.1, 0.15) is 0 Å². The molecule has 4 rings (SSSR count). The maximum absolute atomic E-state index is 12.9. The third-order valence-electron chi connectivity index (χ3n) is 5.32. The van der Waals surface area contributed by atoms with Crippen LogP contribution in [-0.2, 0) is 0 Å². The Morgan fingerprint density at radius 2 is 1.82 bits per heavy atom. The third-order valence-corrected chi connectivity index (χ3v) is 5.32. The van der Waals surface area contributed by atoms with E-state index in [0.29, 0.717) is 12.1 Å². The largest absolute Gasteiger partial charge is 0.352 e. The number of pyridine rings is 2. The van der Waals surface area contributed by atoms with Gasteiger partial charge >= 0.3 is 0 Å². The Hall–Kier alpha value is -2.79. The van der Waals surface area contributed by atoms with Crippen LogP contribution in [0, 0.1) is 0 Å². The molecular formula is C23H26N4O. The maximum Gasteiger partial charge on any atom is 0.252 e. The minimum atomic E-state index is -0.0347. The molecule has 28 heavy (non-hydrogen) atoms. The van der Waals surface area contributed by atoms with E-state index in [1.165, 1.54) is 32.4 Å². The minimum Gasteiger partial charge on any atom is -0.352 e. The second kappa shape index (κ2) is 8.93. The van der Waals surface area contributed by atoms with E-state index in [-0.39, 0.29) is 5.91 Å². The zero-order chi connectivity index (χ0) is 19.2. The highest BCUT2D eigenvalue weighted by Crippen LogP contribution is 2.24. The number of aromatic nitrogens is 2. The lowest BCUT2D eigenvalue weighted by Gasteiger charge is -2.26. The predicted octanol–water partition coefficient (Wildman–Crippen LogP) is 3.90. The minimum absolute atomic E-state index is 0.0347. The number of nitrogens with zero attached hydrogens (tertiary/aromatic N) is 3. The maximum atomic E-state index is 12.9. The van der Waals surface area contributed by atoms with Crippen molar-refractivity contribution in [3.63, 3.8) is 0 Å². The topological polar surface area (TPSA) is 58.1 Å². The molecule has 144 valence electrons. The molecule has 1 N–H and O–H groups in total. The molecule has 1 aliphatic heterocycles. The Morgan fingerprint density at radius 1 is 1.04 bits per heavy atom. The first-order valence-corrected chi connectivity index (χ1v) is 10.1. The Morgan fingerprint density at radius 3 is 2.64 bits per heavy atom. The van der Waals surface area contributed by atoms with Gasteiger partial charge in [-0.15, -0.1) is 0 Å². The number of carbonyl (C=O) groups is 1. The molecule has 3 aromatic rings. The van der Waals surface area contributed by atoms with Crippen molar-refractivity contribution in [3.8, 4) is 11.3 Å². The summed E-state index contributed by atoms with van der Waals surface area (Å²) in [5, 5.41) is 3.99. The van der Waals surface area contributed by atoms with E-state index in [9.17, 15) is 4.79 Å². The molecule has 3 heterocycles. The first-order valence-electron chi connectivity index (χ1n) is 10.1.